The molecule has 68 valence electrons. The van der Waals surface area contributed by atoms with Gasteiger partial charge in [0.25, 0.3) is 0 Å². The number of rotatable bonds is 1. The molecule has 0 saturated heterocycles. The van der Waals surface area contributed by atoms with Gasteiger partial charge in [0.1, 0.15) is 0 Å². The van der Waals surface area contributed by atoms with E-state index in [4.69, 9.17) is 0 Å². The minimum Gasteiger partial charge on any atom is -0.266 e. The van der Waals surface area contributed by atoms with Gasteiger partial charge in [-0.3, -0.25) is 4.99 Å². The lowest BCUT2D eigenvalue weighted by atomic mass is 9.86. The SMILES string of the molecule is CC1C=CN=C(CC(C)(C)C)C1. The molecule has 1 unspecified atom stereocenters. The zero-order valence-corrected chi connectivity index (χ0v) is 8.59. The van der Waals surface area contributed by atoms with Gasteiger partial charge >= 0.3 is 0 Å². The summed E-state index contributed by atoms with van der Waals surface area (Å²) in [6, 6.07) is 0. The van der Waals surface area contributed by atoms with Crippen molar-refractivity contribution in [2.24, 2.45) is 16.3 Å². The van der Waals surface area contributed by atoms with Crippen LogP contribution in [-0.4, -0.2) is 5.71 Å². The van der Waals surface area contributed by atoms with Gasteiger partial charge in [0, 0.05) is 11.9 Å². The molecule has 1 heterocycles. The van der Waals surface area contributed by atoms with E-state index in [0.29, 0.717) is 11.3 Å². The van der Waals surface area contributed by atoms with Gasteiger partial charge in [0.05, 0.1) is 0 Å². The Labute approximate surface area is 75.6 Å². The predicted molar refractivity (Wildman–Crippen MR) is 54.4 cm³/mol. The third-order valence-corrected chi connectivity index (χ3v) is 1.96. The Balaban J connectivity index is 2.54. The largest absolute Gasteiger partial charge is 0.266 e. The van der Waals surface area contributed by atoms with Crippen LogP contribution in [0.4, 0.5) is 0 Å². The van der Waals surface area contributed by atoms with Crippen molar-refractivity contribution >= 4 is 5.71 Å². The Morgan fingerprint density at radius 1 is 1.50 bits per heavy atom. The van der Waals surface area contributed by atoms with Crippen LogP contribution in [0.5, 0.6) is 0 Å². The van der Waals surface area contributed by atoms with Crippen molar-refractivity contribution in [1.29, 1.82) is 0 Å². The van der Waals surface area contributed by atoms with Gasteiger partial charge in [-0.15, -0.1) is 0 Å². The van der Waals surface area contributed by atoms with Crippen molar-refractivity contribution in [2.75, 3.05) is 0 Å². The van der Waals surface area contributed by atoms with Gasteiger partial charge in [-0.25, -0.2) is 0 Å². The summed E-state index contributed by atoms with van der Waals surface area (Å²) >= 11 is 0. The molecule has 1 aliphatic heterocycles. The molecule has 0 amide bonds. The van der Waals surface area contributed by atoms with Crippen LogP contribution in [0.25, 0.3) is 0 Å². The minimum atomic E-state index is 0.379. The lowest BCUT2D eigenvalue weighted by molar-refractivity contribution is 0.429. The Morgan fingerprint density at radius 2 is 2.17 bits per heavy atom. The van der Waals surface area contributed by atoms with Crippen LogP contribution in [0.15, 0.2) is 17.3 Å². The maximum Gasteiger partial charge on any atom is 0.0230 e. The molecular weight excluding hydrogens is 146 g/mol. The summed E-state index contributed by atoms with van der Waals surface area (Å²) in [4.78, 5) is 4.40. The number of nitrogens with zero attached hydrogens (tertiary/aromatic N) is 1. The molecule has 0 saturated carbocycles. The van der Waals surface area contributed by atoms with Crippen LogP contribution in [0, 0.1) is 11.3 Å². The smallest absolute Gasteiger partial charge is 0.0230 e. The normalized spacial score (nSPS) is 24.0. The molecule has 0 aromatic carbocycles. The second-order valence-corrected chi connectivity index (χ2v) is 4.96. The molecule has 12 heavy (non-hydrogen) atoms. The van der Waals surface area contributed by atoms with E-state index in [2.05, 4.69) is 38.8 Å². The van der Waals surface area contributed by atoms with Crippen LogP contribution in [0.1, 0.15) is 40.5 Å². The molecule has 1 nitrogen and oxygen atoms in total. The summed E-state index contributed by atoms with van der Waals surface area (Å²) in [5.74, 6) is 0.680. The first-order chi connectivity index (χ1) is 5.47. The first-order valence-corrected chi connectivity index (χ1v) is 4.69. The summed E-state index contributed by atoms with van der Waals surface area (Å²) in [7, 11) is 0. The quantitative estimate of drug-likeness (QED) is 0.564. The predicted octanol–water partition coefficient (Wildman–Crippen LogP) is 3.42. The van der Waals surface area contributed by atoms with Gasteiger partial charge < -0.3 is 0 Å². The molecule has 0 spiro atoms. The topological polar surface area (TPSA) is 12.4 Å². The highest BCUT2D eigenvalue weighted by Crippen LogP contribution is 2.23. The minimum absolute atomic E-state index is 0.379. The van der Waals surface area contributed by atoms with Crippen molar-refractivity contribution < 1.29 is 0 Å². The molecule has 1 aliphatic rings. The van der Waals surface area contributed by atoms with Gasteiger partial charge in [0.15, 0.2) is 0 Å². The first-order valence-electron chi connectivity index (χ1n) is 4.69. The zero-order chi connectivity index (χ0) is 9.19. The van der Waals surface area contributed by atoms with Crippen LogP contribution < -0.4 is 0 Å². The van der Waals surface area contributed by atoms with E-state index in [0.717, 1.165) is 12.8 Å². The van der Waals surface area contributed by atoms with Crippen LogP contribution in [0.3, 0.4) is 0 Å². The fourth-order valence-corrected chi connectivity index (χ4v) is 1.52. The van der Waals surface area contributed by atoms with Crippen molar-refractivity contribution in [2.45, 2.75) is 40.5 Å². The summed E-state index contributed by atoms with van der Waals surface area (Å²) < 4.78 is 0. The average molecular weight is 165 g/mol. The second-order valence-electron chi connectivity index (χ2n) is 4.96. The lowest BCUT2D eigenvalue weighted by Crippen LogP contribution is -2.16. The molecule has 0 N–H and O–H groups in total. The first kappa shape index (κ1) is 9.50. The number of aliphatic imine (C=N–C) groups is 1. The van der Waals surface area contributed by atoms with Crippen molar-refractivity contribution in [3.63, 3.8) is 0 Å². The van der Waals surface area contributed by atoms with Crippen molar-refractivity contribution in [3.05, 3.63) is 12.3 Å². The molecule has 1 atom stereocenters. The number of allylic oxidation sites excluding steroid dienone is 1. The number of hydrogen-bond acceptors (Lipinski definition) is 1. The highest BCUT2D eigenvalue weighted by atomic mass is 14.7. The fraction of sp³-hybridized carbons (Fsp3) is 0.727. The van der Waals surface area contributed by atoms with Gasteiger partial charge in [-0.05, 0) is 24.2 Å². The lowest BCUT2D eigenvalue weighted by Gasteiger charge is -2.21. The molecule has 0 aliphatic carbocycles. The molecule has 1 rings (SSSR count). The Bertz CT molecular complexity index is 206. The third-order valence-electron chi connectivity index (χ3n) is 1.96. The molecule has 0 radical (unpaired) electrons. The molecule has 0 aromatic heterocycles. The average Bonchev–Trinajstić information content (AvgIpc) is 1.82. The van der Waals surface area contributed by atoms with E-state index in [-0.39, 0.29) is 0 Å². The highest BCUT2D eigenvalue weighted by molar-refractivity contribution is 5.86. The highest BCUT2D eigenvalue weighted by Gasteiger charge is 2.16. The Kier molecular flexibility index (Phi) is 2.71. The van der Waals surface area contributed by atoms with Crippen molar-refractivity contribution in [1.82, 2.24) is 0 Å². The standard InChI is InChI=1S/C11H19N/c1-9-5-6-12-10(7-9)8-11(2,3)4/h5-6,9H,7-8H2,1-4H3. The monoisotopic (exact) mass is 165 g/mol. The van der Waals surface area contributed by atoms with Crippen LogP contribution >= 0.6 is 0 Å². The van der Waals surface area contributed by atoms with Crippen LogP contribution in [-0.2, 0) is 0 Å². The van der Waals surface area contributed by atoms with Crippen molar-refractivity contribution in [3.8, 4) is 0 Å². The van der Waals surface area contributed by atoms with Crippen LogP contribution in [0.2, 0.25) is 0 Å². The molecular formula is C11H19N. The van der Waals surface area contributed by atoms with Gasteiger partial charge in [-0.2, -0.15) is 0 Å². The van der Waals surface area contributed by atoms with E-state index in [9.17, 15) is 0 Å². The summed E-state index contributed by atoms with van der Waals surface area (Å²) in [5, 5.41) is 0. The number of hydrogen-bond donors (Lipinski definition) is 0. The van der Waals surface area contributed by atoms with E-state index >= 15 is 0 Å². The third kappa shape index (κ3) is 3.21. The summed E-state index contributed by atoms with van der Waals surface area (Å²) in [5.41, 5.74) is 1.74. The fourth-order valence-electron chi connectivity index (χ4n) is 1.52. The molecule has 1 heteroatoms. The van der Waals surface area contributed by atoms with Gasteiger partial charge in [0.2, 0.25) is 0 Å². The van der Waals surface area contributed by atoms with E-state index in [1.54, 1.807) is 0 Å². The van der Waals surface area contributed by atoms with E-state index < -0.39 is 0 Å². The van der Waals surface area contributed by atoms with E-state index in [1.807, 2.05) is 6.20 Å². The Morgan fingerprint density at radius 3 is 2.67 bits per heavy atom. The van der Waals surface area contributed by atoms with Gasteiger partial charge in [-0.1, -0.05) is 33.8 Å². The summed E-state index contributed by atoms with van der Waals surface area (Å²) in [6.07, 6.45) is 6.40. The zero-order valence-electron chi connectivity index (χ0n) is 8.59. The molecule has 0 bridgehead atoms. The maximum atomic E-state index is 4.40. The van der Waals surface area contributed by atoms with E-state index in [1.165, 1.54) is 5.71 Å². The molecule has 0 aromatic rings. The molecule has 0 fully saturated rings. The second kappa shape index (κ2) is 3.42. The maximum absolute atomic E-state index is 4.40. The Hall–Kier alpha value is -0.590. The summed E-state index contributed by atoms with van der Waals surface area (Å²) in [6.45, 7) is 9.03.